The second-order valence-corrected chi connectivity index (χ2v) is 3.81. The molecule has 96 valence electrons. The van der Waals surface area contributed by atoms with Crippen LogP contribution >= 0.6 is 0 Å². The first-order valence-electron chi connectivity index (χ1n) is 6.06. The van der Waals surface area contributed by atoms with Crippen LogP contribution in [-0.2, 0) is 16.1 Å². The summed E-state index contributed by atoms with van der Waals surface area (Å²) in [4.78, 5) is 13.5. The Hall–Kier alpha value is -1.86. The van der Waals surface area contributed by atoms with E-state index in [2.05, 4.69) is 6.07 Å². The number of likely N-dealkylation sites (N-methyl/N-ethyl adjacent to an activating group) is 1. The fourth-order valence-electron chi connectivity index (χ4n) is 1.63. The highest BCUT2D eigenvalue weighted by Gasteiger charge is 2.13. The third-order valence-electron chi connectivity index (χ3n) is 2.66. The molecule has 4 nitrogen and oxygen atoms in total. The van der Waals surface area contributed by atoms with Crippen LogP contribution < -0.4 is 0 Å². The average molecular weight is 246 g/mol. The van der Waals surface area contributed by atoms with Gasteiger partial charge < -0.3 is 9.64 Å². The number of hydrogen-bond acceptors (Lipinski definition) is 3. The number of hydrogen-bond donors (Lipinski definition) is 0. The van der Waals surface area contributed by atoms with Crippen LogP contribution in [0.2, 0.25) is 0 Å². The van der Waals surface area contributed by atoms with Crippen LogP contribution in [0.5, 0.6) is 0 Å². The largest absolute Gasteiger partial charge is 0.372 e. The highest BCUT2D eigenvalue weighted by molar-refractivity contribution is 5.77. The van der Waals surface area contributed by atoms with Crippen LogP contribution in [0, 0.1) is 11.3 Å². The number of carbonyl (C=O) groups excluding carboxylic acids is 1. The number of nitriles is 1. The lowest BCUT2D eigenvalue weighted by molar-refractivity contribution is -0.136. The Balaban J connectivity index is 2.74. The van der Waals surface area contributed by atoms with Crippen molar-refractivity contribution in [3.05, 3.63) is 35.4 Å². The number of nitrogens with zero attached hydrogens (tertiary/aromatic N) is 2. The van der Waals surface area contributed by atoms with Gasteiger partial charge in [0, 0.05) is 19.7 Å². The smallest absolute Gasteiger partial charge is 0.248 e. The van der Waals surface area contributed by atoms with E-state index in [9.17, 15) is 4.79 Å². The molecule has 0 heterocycles. The molecule has 0 atom stereocenters. The molecule has 0 spiro atoms. The summed E-state index contributed by atoms with van der Waals surface area (Å²) in [5.74, 6) is -0.0490. The van der Waals surface area contributed by atoms with Crippen molar-refractivity contribution in [1.82, 2.24) is 4.90 Å². The van der Waals surface area contributed by atoms with Crippen molar-refractivity contribution >= 4 is 5.91 Å². The number of carbonyl (C=O) groups is 1. The quantitative estimate of drug-likeness (QED) is 0.770. The lowest BCUT2D eigenvalue weighted by Crippen LogP contribution is -2.33. The summed E-state index contributed by atoms with van der Waals surface area (Å²) in [5, 5.41) is 9.01. The monoisotopic (exact) mass is 246 g/mol. The van der Waals surface area contributed by atoms with Crippen LogP contribution in [0.4, 0.5) is 0 Å². The van der Waals surface area contributed by atoms with Crippen molar-refractivity contribution in [1.29, 1.82) is 5.26 Å². The molecule has 1 amide bonds. The first-order chi connectivity index (χ1) is 8.72. The third-order valence-corrected chi connectivity index (χ3v) is 2.66. The van der Waals surface area contributed by atoms with E-state index < -0.39 is 0 Å². The summed E-state index contributed by atoms with van der Waals surface area (Å²) in [6, 6.07) is 9.46. The van der Waals surface area contributed by atoms with E-state index in [4.69, 9.17) is 10.00 Å². The van der Waals surface area contributed by atoms with Crippen molar-refractivity contribution in [2.75, 3.05) is 19.8 Å². The Kier molecular flexibility index (Phi) is 5.89. The van der Waals surface area contributed by atoms with Gasteiger partial charge in [0.25, 0.3) is 0 Å². The number of amides is 1. The van der Waals surface area contributed by atoms with Crippen molar-refractivity contribution in [2.45, 2.75) is 20.4 Å². The van der Waals surface area contributed by atoms with Gasteiger partial charge in [-0.2, -0.15) is 5.26 Å². The fourth-order valence-corrected chi connectivity index (χ4v) is 1.63. The molecule has 4 heteroatoms. The molecular formula is C14H18N2O2. The molecule has 0 aliphatic carbocycles. The molecule has 0 saturated carbocycles. The highest BCUT2D eigenvalue weighted by atomic mass is 16.5. The molecule has 18 heavy (non-hydrogen) atoms. The Bertz CT molecular complexity index is 438. The van der Waals surface area contributed by atoms with Gasteiger partial charge in [-0.3, -0.25) is 4.79 Å². The van der Waals surface area contributed by atoms with Crippen LogP contribution in [0.3, 0.4) is 0 Å². The van der Waals surface area contributed by atoms with Gasteiger partial charge in [-0.25, -0.2) is 0 Å². The van der Waals surface area contributed by atoms with Gasteiger partial charge in [-0.1, -0.05) is 18.2 Å². The van der Waals surface area contributed by atoms with E-state index in [1.807, 2.05) is 32.0 Å². The van der Waals surface area contributed by atoms with E-state index >= 15 is 0 Å². The van der Waals surface area contributed by atoms with Crippen molar-refractivity contribution in [3.63, 3.8) is 0 Å². The van der Waals surface area contributed by atoms with Gasteiger partial charge in [-0.05, 0) is 25.5 Å². The highest BCUT2D eigenvalue weighted by Crippen LogP contribution is 2.10. The van der Waals surface area contributed by atoms with Crippen molar-refractivity contribution in [2.24, 2.45) is 0 Å². The predicted molar refractivity (Wildman–Crippen MR) is 68.7 cm³/mol. The van der Waals surface area contributed by atoms with Crippen molar-refractivity contribution in [3.8, 4) is 6.07 Å². The van der Waals surface area contributed by atoms with Gasteiger partial charge >= 0.3 is 0 Å². The second kappa shape index (κ2) is 7.46. The maximum Gasteiger partial charge on any atom is 0.248 e. The van der Waals surface area contributed by atoms with Crippen LogP contribution in [0.1, 0.15) is 25.0 Å². The molecule has 0 aromatic heterocycles. The Labute approximate surface area is 108 Å². The first-order valence-corrected chi connectivity index (χ1v) is 6.06. The third kappa shape index (κ3) is 3.86. The van der Waals surface area contributed by atoms with Crippen LogP contribution in [0.15, 0.2) is 24.3 Å². The minimum atomic E-state index is -0.0490. The Morgan fingerprint density at radius 2 is 2.11 bits per heavy atom. The molecule has 1 rings (SSSR count). The summed E-state index contributed by atoms with van der Waals surface area (Å²) in [6.45, 7) is 5.45. The zero-order chi connectivity index (χ0) is 13.4. The molecular weight excluding hydrogens is 228 g/mol. The molecule has 0 bridgehead atoms. The Morgan fingerprint density at radius 1 is 1.39 bits per heavy atom. The lowest BCUT2D eigenvalue weighted by atomic mass is 10.1. The molecule has 1 aromatic carbocycles. The normalized spacial score (nSPS) is 9.83. The van der Waals surface area contributed by atoms with E-state index in [0.717, 1.165) is 5.56 Å². The maximum atomic E-state index is 11.9. The Morgan fingerprint density at radius 3 is 2.72 bits per heavy atom. The summed E-state index contributed by atoms with van der Waals surface area (Å²) in [6.07, 6.45) is 0. The van der Waals surface area contributed by atoms with E-state index in [1.54, 1.807) is 11.0 Å². The second-order valence-electron chi connectivity index (χ2n) is 3.81. The van der Waals surface area contributed by atoms with Crippen LogP contribution in [0.25, 0.3) is 0 Å². The van der Waals surface area contributed by atoms with Gasteiger partial charge in [0.15, 0.2) is 0 Å². The molecule has 0 N–H and O–H groups in total. The molecule has 0 aliphatic rings. The molecule has 1 aromatic rings. The minimum absolute atomic E-state index is 0.0490. The SMILES string of the molecule is CCOCC(=O)N(CC)Cc1ccccc1C#N. The van der Waals surface area contributed by atoms with Gasteiger partial charge in [0.05, 0.1) is 11.6 Å². The van der Waals surface area contributed by atoms with Gasteiger partial charge in [0.2, 0.25) is 5.91 Å². The predicted octanol–water partition coefficient (Wildman–Crippen LogP) is 1.94. The topological polar surface area (TPSA) is 53.3 Å². The minimum Gasteiger partial charge on any atom is -0.372 e. The van der Waals surface area contributed by atoms with E-state index in [1.165, 1.54) is 0 Å². The number of rotatable bonds is 6. The molecule has 0 aliphatic heterocycles. The molecule has 0 fully saturated rings. The number of benzene rings is 1. The van der Waals surface area contributed by atoms with Gasteiger partial charge in [-0.15, -0.1) is 0 Å². The summed E-state index contributed by atoms with van der Waals surface area (Å²) >= 11 is 0. The molecule has 0 radical (unpaired) electrons. The van der Waals surface area contributed by atoms with E-state index in [0.29, 0.717) is 25.3 Å². The fraction of sp³-hybridized carbons (Fsp3) is 0.429. The molecule has 0 unspecified atom stereocenters. The standard InChI is InChI=1S/C14H18N2O2/c1-3-16(14(17)11-18-4-2)10-13-8-6-5-7-12(13)9-15/h5-8H,3-4,10-11H2,1-2H3. The van der Waals surface area contributed by atoms with Gasteiger partial charge in [0.1, 0.15) is 6.61 Å². The van der Waals surface area contributed by atoms with Crippen LogP contribution in [-0.4, -0.2) is 30.6 Å². The zero-order valence-corrected chi connectivity index (χ0v) is 10.8. The average Bonchev–Trinajstić information content (AvgIpc) is 2.42. The maximum absolute atomic E-state index is 11.9. The summed E-state index contributed by atoms with van der Waals surface area (Å²) in [5.41, 5.74) is 1.48. The number of ether oxygens (including phenoxy) is 1. The summed E-state index contributed by atoms with van der Waals surface area (Å²) in [7, 11) is 0. The van der Waals surface area contributed by atoms with E-state index in [-0.39, 0.29) is 12.5 Å². The lowest BCUT2D eigenvalue weighted by Gasteiger charge is -2.21. The first kappa shape index (κ1) is 14.2. The molecule has 0 saturated heterocycles. The summed E-state index contributed by atoms with van der Waals surface area (Å²) < 4.78 is 5.12. The van der Waals surface area contributed by atoms with Crippen molar-refractivity contribution < 1.29 is 9.53 Å². The zero-order valence-electron chi connectivity index (χ0n) is 10.8.